The third-order valence-electron chi connectivity index (χ3n) is 4.64. The van der Waals surface area contributed by atoms with Gasteiger partial charge in [0.15, 0.2) is 17.3 Å². The first-order chi connectivity index (χ1) is 13.2. The molecule has 2 aromatic rings. The van der Waals surface area contributed by atoms with Crippen molar-refractivity contribution in [1.82, 2.24) is 4.98 Å². The van der Waals surface area contributed by atoms with Crippen LogP contribution in [0.2, 0.25) is 0 Å². The van der Waals surface area contributed by atoms with Crippen LogP contribution in [0.5, 0.6) is 17.2 Å². The highest BCUT2D eigenvalue weighted by Crippen LogP contribution is 2.35. The number of nitrogens with zero attached hydrogens (tertiary/aromatic N) is 2. The van der Waals surface area contributed by atoms with E-state index < -0.39 is 0 Å². The number of hydrogen-bond donors (Lipinski definition) is 1. The molecule has 1 fully saturated rings. The Morgan fingerprint density at radius 3 is 2.33 bits per heavy atom. The lowest BCUT2D eigenvalue weighted by molar-refractivity contribution is 0.102. The number of hydrogen-bond acceptors (Lipinski definition) is 6. The van der Waals surface area contributed by atoms with Crippen molar-refractivity contribution in [2.75, 3.05) is 44.6 Å². The van der Waals surface area contributed by atoms with Gasteiger partial charge in [0.25, 0.3) is 5.91 Å². The second kappa shape index (κ2) is 8.62. The summed E-state index contributed by atoms with van der Waals surface area (Å²) in [5.74, 6) is 1.88. The minimum Gasteiger partial charge on any atom is -0.496 e. The number of aromatic nitrogens is 1. The third-order valence-corrected chi connectivity index (χ3v) is 4.64. The average molecular weight is 371 g/mol. The van der Waals surface area contributed by atoms with E-state index in [9.17, 15) is 4.79 Å². The van der Waals surface area contributed by atoms with Gasteiger partial charge < -0.3 is 24.4 Å². The highest BCUT2D eigenvalue weighted by Gasteiger charge is 2.21. The zero-order valence-electron chi connectivity index (χ0n) is 15.9. The molecule has 1 amide bonds. The summed E-state index contributed by atoms with van der Waals surface area (Å²) >= 11 is 0. The van der Waals surface area contributed by atoms with Crippen molar-refractivity contribution in [2.45, 2.75) is 19.3 Å². The topological polar surface area (TPSA) is 72.9 Å². The van der Waals surface area contributed by atoms with Crippen LogP contribution in [0.15, 0.2) is 30.5 Å². The van der Waals surface area contributed by atoms with Crippen molar-refractivity contribution in [2.24, 2.45) is 0 Å². The lowest BCUT2D eigenvalue weighted by Crippen LogP contribution is -2.31. The number of rotatable bonds is 6. The Balaban J connectivity index is 1.90. The van der Waals surface area contributed by atoms with Gasteiger partial charge in [-0.15, -0.1) is 0 Å². The molecular weight excluding hydrogens is 346 g/mol. The van der Waals surface area contributed by atoms with E-state index >= 15 is 0 Å². The van der Waals surface area contributed by atoms with E-state index in [1.54, 1.807) is 18.3 Å². The fourth-order valence-corrected chi connectivity index (χ4v) is 3.25. The maximum atomic E-state index is 13.0. The number of ether oxygens (including phenoxy) is 3. The summed E-state index contributed by atoms with van der Waals surface area (Å²) in [5, 5.41) is 2.97. The minimum atomic E-state index is -0.293. The fourth-order valence-electron chi connectivity index (χ4n) is 3.25. The van der Waals surface area contributed by atoms with Crippen LogP contribution in [-0.2, 0) is 0 Å². The van der Waals surface area contributed by atoms with Crippen LogP contribution in [0.4, 0.5) is 11.5 Å². The second-order valence-electron chi connectivity index (χ2n) is 6.28. The molecule has 1 saturated heterocycles. The van der Waals surface area contributed by atoms with E-state index in [4.69, 9.17) is 14.2 Å². The van der Waals surface area contributed by atoms with Crippen molar-refractivity contribution in [3.8, 4) is 17.2 Å². The summed E-state index contributed by atoms with van der Waals surface area (Å²) in [4.78, 5) is 19.7. The molecular formula is C20H25N3O4. The van der Waals surface area contributed by atoms with Gasteiger partial charge >= 0.3 is 0 Å². The van der Waals surface area contributed by atoms with Gasteiger partial charge in [-0.05, 0) is 31.4 Å². The van der Waals surface area contributed by atoms with Crippen molar-refractivity contribution in [1.29, 1.82) is 0 Å². The molecule has 27 heavy (non-hydrogen) atoms. The predicted octanol–water partition coefficient (Wildman–Crippen LogP) is 3.35. The molecule has 0 bridgehead atoms. The number of pyridine rings is 1. The van der Waals surface area contributed by atoms with E-state index in [0.717, 1.165) is 31.7 Å². The van der Waals surface area contributed by atoms with Gasteiger partial charge in [0.1, 0.15) is 5.75 Å². The van der Waals surface area contributed by atoms with Gasteiger partial charge in [-0.2, -0.15) is 0 Å². The fraction of sp³-hybridized carbons (Fsp3) is 0.400. The first-order valence-electron chi connectivity index (χ1n) is 8.99. The number of nitrogens with one attached hydrogen (secondary N) is 1. The first kappa shape index (κ1) is 18.8. The molecule has 0 aliphatic carbocycles. The highest BCUT2D eigenvalue weighted by atomic mass is 16.5. The summed E-state index contributed by atoms with van der Waals surface area (Å²) in [6, 6.07) is 6.93. The molecule has 0 radical (unpaired) electrons. The number of carbonyl (C=O) groups excluding carboxylic acids is 1. The van der Waals surface area contributed by atoms with Crippen molar-refractivity contribution in [3.05, 3.63) is 36.0 Å². The van der Waals surface area contributed by atoms with Crippen molar-refractivity contribution in [3.63, 3.8) is 0 Å². The number of anilines is 2. The Hall–Kier alpha value is -2.96. The summed E-state index contributed by atoms with van der Waals surface area (Å²) < 4.78 is 16.0. The predicted molar refractivity (Wildman–Crippen MR) is 104 cm³/mol. The molecule has 1 aromatic heterocycles. The van der Waals surface area contributed by atoms with Crippen LogP contribution >= 0.6 is 0 Å². The Bertz CT molecular complexity index is 804. The number of benzene rings is 1. The zero-order chi connectivity index (χ0) is 19.2. The van der Waals surface area contributed by atoms with Crippen LogP contribution in [0.1, 0.15) is 29.6 Å². The highest BCUT2D eigenvalue weighted by molar-refractivity contribution is 6.08. The standard InChI is InChI=1S/C20H25N3O4/c1-25-16-13-18(27-3)17(26-2)12-14(16)20(24)22-15-8-7-9-21-19(15)23-10-5-4-6-11-23/h7-9,12-13H,4-6,10-11H2,1-3H3,(H,22,24). The van der Waals surface area contributed by atoms with Gasteiger partial charge in [-0.25, -0.2) is 4.98 Å². The molecule has 0 unspecified atom stereocenters. The van der Waals surface area contributed by atoms with Crippen LogP contribution in [0.3, 0.4) is 0 Å². The second-order valence-corrected chi connectivity index (χ2v) is 6.28. The first-order valence-corrected chi connectivity index (χ1v) is 8.99. The molecule has 0 spiro atoms. The smallest absolute Gasteiger partial charge is 0.259 e. The molecule has 1 aliphatic rings. The molecule has 7 nitrogen and oxygen atoms in total. The van der Waals surface area contributed by atoms with Gasteiger partial charge in [0.2, 0.25) is 0 Å². The van der Waals surface area contributed by atoms with E-state index in [1.165, 1.54) is 27.8 Å². The Morgan fingerprint density at radius 1 is 1.00 bits per heavy atom. The molecule has 1 aromatic carbocycles. The molecule has 1 N–H and O–H groups in total. The van der Waals surface area contributed by atoms with Crippen LogP contribution in [0, 0.1) is 0 Å². The zero-order valence-corrected chi connectivity index (χ0v) is 15.9. The normalized spacial score (nSPS) is 13.8. The molecule has 0 saturated carbocycles. The number of amides is 1. The Kier molecular flexibility index (Phi) is 6.01. The van der Waals surface area contributed by atoms with Crippen molar-refractivity contribution >= 4 is 17.4 Å². The Morgan fingerprint density at radius 2 is 1.67 bits per heavy atom. The maximum Gasteiger partial charge on any atom is 0.259 e. The average Bonchev–Trinajstić information content (AvgIpc) is 2.73. The van der Waals surface area contributed by atoms with Gasteiger partial charge in [0, 0.05) is 31.4 Å². The van der Waals surface area contributed by atoms with Gasteiger partial charge in [-0.1, -0.05) is 0 Å². The molecule has 144 valence electrons. The number of carbonyl (C=O) groups is 1. The summed E-state index contributed by atoms with van der Waals surface area (Å²) in [6.07, 6.45) is 5.24. The summed E-state index contributed by atoms with van der Waals surface area (Å²) in [7, 11) is 4.58. The van der Waals surface area contributed by atoms with E-state index in [1.807, 2.05) is 12.1 Å². The van der Waals surface area contributed by atoms with Crippen LogP contribution < -0.4 is 24.4 Å². The third kappa shape index (κ3) is 4.07. The SMILES string of the molecule is COc1cc(OC)c(C(=O)Nc2cccnc2N2CCCCC2)cc1OC. The Labute approximate surface area is 159 Å². The van der Waals surface area contributed by atoms with Crippen LogP contribution in [0.25, 0.3) is 0 Å². The van der Waals surface area contributed by atoms with E-state index in [0.29, 0.717) is 28.5 Å². The van der Waals surface area contributed by atoms with E-state index in [2.05, 4.69) is 15.2 Å². The number of piperidine rings is 1. The largest absolute Gasteiger partial charge is 0.496 e. The van der Waals surface area contributed by atoms with Gasteiger partial charge in [-0.3, -0.25) is 4.79 Å². The van der Waals surface area contributed by atoms with Crippen molar-refractivity contribution < 1.29 is 19.0 Å². The quantitative estimate of drug-likeness (QED) is 0.840. The molecule has 0 atom stereocenters. The minimum absolute atomic E-state index is 0.293. The van der Waals surface area contributed by atoms with E-state index in [-0.39, 0.29) is 5.91 Å². The molecule has 2 heterocycles. The lowest BCUT2D eigenvalue weighted by Gasteiger charge is -2.29. The molecule has 3 rings (SSSR count). The maximum absolute atomic E-state index is 13.0. The number of methoxy groups -OCH3 is 3. The lowest BCUT2D eigenvalue weighted by atomic mass is 10.1. The summed E-state index contributed by atoms with van der Waals surface area (Å²) in [5.41, 5.74) is 1.05. The van der Waals surface area contributed by atoms with Gasteiger partial charge in [0.05, 0.1) is 32.6 Å². The monoisotopic (exact) mass is 371 g/mol. The molecule has 1 aliphatic heterocycles. The van der Waals surface area contributed by atoms with Crippen LogP contribution in [-0.4, -0.2) is 45.3 Å². The summed E-state index contributed by atoms with van der Waals surface area (Å²) in [6.45, 7) is 1.89. The molecule has 7 heteroatoms.